The first kappa shape index (κ1) is 46.1. The minimum atomic E-state index is -0.556. The number of hydrogen-bond donors (Lipinski definition) is 0. The Kier molecular flexibility index (Phi) is 10.4. The summed E-state index contributed by atoms with van der Waals surface area (Å²) < 4.78 is 4.45. The molecule has 0 radical (unpaired) electrons. The van der Waals surface area contributed by atoms with Gasteiger partial charge in [0.25, 0.3) is 0 Å². The number of carbonyl (C=O) groups is 1. The Balaban J connectivity index is 0.000000139. The first-order chi connectivity index (χ1) is 40.1. The van der Waals surface area contributed by atoms with Gasteiger partial charge in [-0.15, -0.1) is 0 Å². The quantitative estimate of drug-likeness (QED) is 0.121. The van der Waals surface area contributed by atoms with E-state index < -0.39 is 5.41 Å². The topological polar surface area (TPSA) is 103 Å². The highest BCUT2D eigenvalue weighted by molar-refractivity contribution is 6.17. The number of pyridine rings is 6. The highest BCUT2D eigenvalue weighted by Gasteiger charge is 2.46. The van der Waals surface area contributed by atoms with Crippen molar-refractivity contribution in [2.24, 2.45) is 0 Å². The second kappa shape index (κ2) is 18.3. The molecule has 0 atom stereocenters. The molecule has 1 aliphatic rings. The van der Waals surface area contributed by atoms with Crippen LogP contribution in [0.2, 0.25) is 0 Å². The van der Waals surface area contributed by atoms with Gasteiger partial charge < -0.3 is 0 Å². The summed E-state index contributed by atoms with van der Waals surface area (Å²) in [5.41, 5.74) is 21.7. The monoisotopic (exact) mass is 1040 g/mol. The maximum atomic E-state index is 13.6. The minimum absolute atomic E-state index is 0.0376. The number of benzene rings is 8. The first-order valence-electron chi connectivity index (χ1n) is 27.0. The van der Waals surface area contributed by atoms with Gasteiger partial charge >= 0.3 is 0 Å². The number of ketones is 1. The van der Waals surface area contributed by atoms with Crippen LogP contribution in [0.3, 0.4) is 0 Å². The third kappa shape index (κ3) is 7.08. The van der Waals surface area contributed by atoms with Crippen molar-refractivity contribution < 1.29 is 4.79 Å². The van der Waals surface area contributed by atoms with E-state index >= 15 is 0 Å². The number of carbonyl (C=O) groups excluding carboxylic acids is 1. The molecule has 0 bridgehead atoms. The highest BCUT2D eigenvalue weighted by atomic mass is 16.1. The molecule has 17 rings (SSSR count). The second-order valence-electron chi connectivity index (χ2n) is 20.5. The zero-order valence-corrected chi connectivity index (χ0v) is 43.4. The van der Waals surface area contributed by atoms with Crippen LogP contribution in [-0.2, 0) is 5.41 Å². The lowest BCUT2D eigenvalue weighted by Crippen LogP contribution is -2.28. The molecule has 8 heterocycles. The van der Waals surface area contributed by atoms with Gasteiger partial charge in [0.15, 0.2) is 5.78 Å². The van der Waals surface area contributed by atoms with Gasteiger partial charge in [-0.1, -0.05) is 127 Å². The van der Waals surface area contributed by atoms with Crippen LogP contribution in [0.1, 0.15) is 38.2 Å². The van der Waals surface area contributed by atoms with Crippen LogP contribution in [0, 0.1) is 0 Å². The van der Waals surface area contributed by atoms with Gasteiger partial charge in [-0.3, -0.25) is 33.5 Å². The lowest BCUT2D eigenvalue weighted by Gasteiger charge is -2.34. The van der Waals surface area contributed by atoms with E-state index in [1.54, 1.807) is 12.4 Å². The number of imidazole rings is 2. The summed E-state index contributed by atoms with van der Waals surface area (Å²) in [6, 6.07) is 83.5. The van der Waals surface area contributed by atoms with Crippen LogP contribution in [0.5, 0.6) is 0 Å². The maximum absolute atomic E-state index is 13.6. The van der Waals surface area contributed by atoms with Crippen LogP contribution in [-0.4, -0.2) is 44.5 Å². The van der Waals surface area contributed by atoms with Crippen LogP contribution >= 0.6 is 0 Å². The van der Waals surface area contributed by atoms with E-state index in [2.05, 4.69) is 146 Å². The lowest BCUT2D eigenvalue weighted by molar-refractivity contribution is 0.103. The zero-order valence-electron chi connectivity index (χ0n) is 43.4. The van der Waals surface area contributed by atoms with Crippen molar-refractivity contribution in [3.05, 3.63) is 301 Å². The highest BCUT2D eigenvalue weighted by Crippen LogP contribution is 2.57. The maximum Gasteiger partial charge on any atom is 0.193 e. The molecule has 0 saturated heterocycles. The smallest absolute Gasteiger partial charge is 0.193 e. The fourth-order valence-electron chi connectivity index (χ4n) is 12.7. The van der Waals surface area contributed by atoms with E-state index in [0.29, 0.717) is 11.1 Å². The molecule has 9 nitrogen and oxygen atoms in total. The Morgan fingerprint density at radius 2 is 0.840 bits per heavy atom. The number of para-hydroxylation sites is 4. The van der Waals surface area contributed by atoms with Crippen molar-refractivity contribution in [1.82, 2.24) is 38.7 Å². The van der Waals surface area contributed by atoms with Crippen LogP contribution in [0.15, 0.2) is 267 Å². The lowest BCUT2D eigenvalue weighted by atomic mass is 9.67. The normalized spacial score (nSPS) is 12.6. The van der Waals surface area contributed by atoms with E-state index in [9.17, 15) is 4.79 Å². The predicted octanol–water partition coefficient (Wildman–Crippen LogP) is 16.1. The van der Waals surface area contributed by atoms with E-state index in [4.69, 9.17) is 19.9 Å². The summed E-state index contributed by atoms with van der Waals surface area (Å²) in [5.74, 6) is -0.0376. The van der Waals surface area contributed by atoms with E-state index in [0.717, 1.165) is 99.5 Å². The third-order valence-electron chi connectivity index (χ3n) is 16.2. The molecule has 0 unspecified atom stereocenters. The summed E-state index contributed by atoms with van der Waals surface area (Å²) in [4.78, 5) is 42.3. The number of fused-ring (bicyclic) bond motifs is 19. The van der Waals surface area contributed by atoms with Gasteiger partial charge in [-0.2, -0.15) is 0 Å². The molecule has 16 aromatic rings. The minimum Gasteiger partial charge on any atom is -0.292 e. The SMILES string of the molecule is O=C(c1cccc(-c2ccccn2)c1)c1ccc2c(c1)c1ncccc1c1nc3ccccc3n21.c1ccc(-c2cccc(C3(c4ccc5c(c4)c4ncccc4c4nc6ccccc6n54)c4ccccc4-c4ccccc43)c2)nc1. The van der Waals surface area contributed by atoms with Gasteiger partial charge in [0, 0.05) is 68.6 Å². The van der Waals surface area contributed by atoms with Gasteiger partial charge in [-0.25, -0.2) is 9.97 Å². The molecule has 81 heavy (non-hydrogen) atoms. The molecule has 0 N–H and O–H groups in total. The molecule has 8 aromatic carbocycles. The van der Waals surface area contributed by atoms with Crippen molar-refractivity contribution in [3.8, 4) is 33.6 Å². The molecule has 0 aliphatic heterocycles. The first-order valence-corrected chi connectivity index (χ1v) is 27.0. The Morgan fingerprint density at radius 3 is 1.44 bits per heavy atom. The standard InChI is InChI=1S/C42H26N4.C30H18N4O/c1-3-16-34-30(13-1)31-14-2-4-17-35(31)42(34,28-12-9-11-27(25-28)36-18-7-8-23-43-36)29-21-22-38-33(26-29)40-32(15-10-24-44-40)41-45-37-19-5-6-20-39(37)46(38)41;35-29(20-8-5-7-19(17-20)24-10-3-4-15-31-24)21-13-14-26-23(18-21)28-22(9-6-16-32-28)30-33-25-11-1-2-12-27(25)34(26)30/h1-26H;1-18H. The van der Waals surface area contributed by atoms with Gasteiger partial charge in [0.2, 0.25) is 0 Å². The number of rotatable bonds is 6. The average Bonchev–Trinajstić information content (AvgIpc) is 2.70. The number of aromatic nitrogens is 8. The molecule has 0 saturated carbocycles. The van der Waals surface area contributed by atoms with Crippen molar-refractivity contribution in [1.29, 1.82) is 0 Å². The predicted molar refractivity (Wildman–Crippen MR) is 325 cm³/mol. The molecule has 9 heteroatoms. The molecule has 1 aliphatic carbocycles. The fourth-order valence-corrected chi connectivity index (χ4v) is 12.7. The van der Waals surface area contributed by atoms with E-state index in [1.807, 2.05) is 128 Å². The Morgan fingerprint density at radius 1 is 0.346 bits per heavy atom. The number of nitrogens with zero attached hydrogens (tertiary/aromatic N) is 8. The van der Waals surface area contributed by atoms with Crippen molar-refractivity contribution in [2.75, 3.05) is 0 Å². The molecule has 0 fully saturated rings. The zero-order chi connectivity index (χ0) is 53.6. The second-order valence-corrected chi connectivity index (χ2v) is 20.5. The van der Waals surface area contributed by atoms with Crippen LogP contribution in [0.25, 0.3) is 111 Å². The fraction of sp³-hybridized carbons (Fsp3) is 0.0139. The molecular weight excluding hydrogens is 993 g/mol. The molecular formula is C72H44N8O. The largest absolute Gasteiger partial charge is 0.292 e. The number of hydrogen-bond acceptors (Lipinski definition) is 7. The summed E-state index contributed by atoms with van der Waals surface area (Å²) in [5, 5.41) is 4.02. The average molecular weight is 1040 g/mol. The Hall–Kier alpha value is -11.0. The Bertz CT molecular complexity index is 5180. The summed E-state index contributed by atoms with van der Waals surface area (Å²) >= 11 is 0. The van der Waals surface area contributed by atoms with E-state index in [-0.39, 0.29) is 5.78 Å². The van der Waals surface area contributed by atoms with Crippen molar-refractivity contribution >= 4 is 82.8 Å². The molecule has 378 valence electrons. The van der Waals surface area contributed by atoms with Crippen LogP contribution in [0.4, 0.5) is 0 Å². The Labute approximate surface area is 463 Å². The molecule has 0 spiro atoms. The van der Waals surface area contributed by atoms with Crippen LogP contribution < -0.4 is 0 Å². The van der Waals surface area contributed by atoms with Gasteiger partial charge in [-0.05, 0) is 149 Å². The molecule has 8 aromatic heterocycles. The summed E-state index contributed by atoms with van der Waals surface area (Å²) in [6.45, 7) is 0. The van der Waals surface area contributed by atoms with Gasteiger partial charge in [0.05, 0.1) is 60.9 Å². The summed E-state index contributed by atoms with van der Waals surface area (Å²) in [7, 11) is 0. The third-order valence-corrected chi connectivity index (χ3v) is 16.2. The van der Waals surface area contributed by atoms with Gasteiger partial charge in [0.1, 0.15) is 11.3 Å². The van der Waals surface area contributed by atoms with Crippen molar-refractivity contribution in [2.45, 2.75) is 5.41 Å². The van der Waals surface area contributed by atoms with Crippen molar-refractivity contribution in [3.63, 3.8) is 0 Å². The molecule has 0 amide bonds. The summed E-state index contributed by atoms with van der Waals surface area (Å²) in [6.07, 6.45) is 7.29. The van der Waals surface area contributed by atoms with E-state index in [1.165, 1.54) is 33.4 Å².